The van der Waals surface area contributed by atoms with E-state index in [9.17, 15) is 8.42 Å². The molecule has 200 valence electrons. The van der Waals surface area contributed by atoms with Crippen LogP contribution in [0.2, 0.25) is 0 Å². The summed E-state index contributed by atoms with van der Waals surface area (Å²) >= 11 is 0. The number of methoxy groups -OCH3 is 1. The largest absolute Gasteiger partial charge is 0.481 e. The number of hydrogen-bond donors (Lipinski definition) is 1. The van der Waals surface area contributed by atoms with Crippen molar-refractivity contribution < 1.29 is 21.9 Å². The molecule has 0 bridgehead atoms. The fourth-order valence-corrected chi connectivity index (χ4v) is 6.15. The Hall–Kier alpha value is -2.88. The van der Waals surface area contributed by atoms with Crippen molar-refractivity contribution in [1.29, 1.82) is 0 Å². The number of hydrogen-bond acceptors (Lipinski definition) is 7. The summed E-state index contributed by atoms with van der Waals surface area (Å²) in [5.74, 6) is -1.31. The van der Waals surface area contributed by atoms with Gasteiger partial charge in [0.2, 0.25) is 5.88 Å². The molecule has 3 heterocycles. The topological polar surface area (TPSA) is 94.1 Å². The number of nitrogens with zero attached hydrogens (tertiary/aromatic N) is 3. The van der Waals surface area contributed by atoms with Crippen LogP contribution < -0.4 is 10.1 Å². The third kappa shape index (κ3) is 5.54. The smallest absolute Gasteiger partial charge is 0.277 e. The highest BCUT2D eigenvalue weighted by molar-refractivity contribution is 7.91. The molecule has 0 radical (unpaired) electrons. The first kappa shape index (κ1) is 27.2. The Labute approximate surface area is 217 Å². The van der Waals surface area contributed by atoms with E-state index in [1.165, 1.54) is 40.0 Å². The summed E-state index contributed by atoms with van der Waals surface area (Å²) in [7, 11) is -1.49. The van der Waals surface area contributed by atoms with Crippen LogP contribution in [0.5, 0.6) is 5.88 Å². The normalized spacial score (nSPS) is 17.5. The molecule has 10 heteroatoms. The van der Waals surface area contributed by atoms with Crippen LogP contribution in [0.15, 0.2) is 30.3 Å². The quantitative estimate of drug-likeness (QED) is 0.420. The van der Waals surface area contributed by atoms with Gasteiger partial charge in [0, 0.05) is 22.6 Å². The predicted molar refractivity (Wildman–Crippen MR) is 141 cm³/mol. The first-order chi connectivity index (χ1) is 17.2. The van der Waals surface area contributed by atoms with Crippen LogP contribution in [-0.2, 0) is 15.8 Å². The lowest BCUT2D eigenvalue weighted by Gasteiger charge is -2.31. The average molecular weight is 533 g/mol. The molecule has 0 spiro atoms. The van der Waals surface area contributed by atoms with Crippen molar-refractivity contribution in [3.63, 3.8) is 0 Å². The van der Waals surface area contributed by atoms with Gasteiger partial charge in [-0.3, -0.25) is 0 Å². The summed E-state index contributed by atoms with van der Waals surface area (Å²) in [6.45, 7) is 8.22. The number of pyridine rings is 1. The van der Waals surface area contributed by atoms with Gasteiger partial charge in [-0.15, -0.1) is 0 Å². The molecule has 7 nitrogen and oxygen atoms in total. The molecule has 4 rings (SSSR count). The van der Waals surface area contributed by atoms with Crippen LogP contribution in [0.4, 0.5) is 14.6 Å². The van der Waals surface area contributed by atoms with Crippen molar-refractivity contribution >= 4 is 26.7 Å². The van der Waals surface area contributed by atoms with Gasteiger partial charge < -0.3 is 10.1 Å². The minimum absolute atomic E-state index is 0.0155. The summed E-state index contributed by atoms with van der Waals surface area (Å²) in [5, 5.41) is 4.03. The Bertz CT molecular complexity index is 1410. The standard InChI is InChI=1S/C27H34F2N4O3S/c1-16(19-8-7-9-20(14-19)27(28,29)26(3,4)5)30-23-22-15-21(18-10-12-37(34,35)13-11-18)25(36-6)33-24(22)32-17(2)31-23/h7-9,14-16,18H,10-13H2,1-6H3,(H,30,31,32,33)/t16-/m1/s1. The third-order valence-electron chi connectivity index (χ3n) is 7.02. The number of anilines is 1. The summed E-state index contributed by atoms with van der Waals surface area (Å²) in [6, 6.07) is 8.03. The molecule has 2 aromatic heterocycles. The minimum atomic E-state index is -3.02. The summed E-state index contributed by atoms with van der Waals surface area (Å²) in [6.07, 6.45) is 0.985. The van der Waals surface area contributed by atoms with Gasteiger partial charge in [0.25, 0.3) is 5.92 Å². The van der Waals surface area contributed by atoms with Crippen LogP contribution in [0.3, 0.4) is 0 Å². The van der Waals surface area contributed by atoms with Gasteiger partial charge in [-0.25, -0.2) is 27.2 Å². The molecule has 1 aliphatic heterocycles. The summed E-state index contributed by atoms with van der Waals surface area (Å²) in [5.41, 5.74) is 0.710. The Morgan fingerprint density at radius 1 is 1.08 bits per heavy atom. The zero-order chi connectivity index (χ0) is 27.2. The van der Waals surface area contributed by atoms with Crippen molar-refractivity contribution in [2.75, 3.05) is 23.9 Å². The Morgan fingerprint density at radius 3 is 2.38 bits per heavy atom. The van der Waals surface area contributed by atoms with Gasteiger partial charge in [-0.05, 0) is 50.3 Å². The van der Waals surface area contributed by atoms with Crippen molar-refractivity contribution in [3.8, 4) is 5.88 Å². The average Bonchev–Trinajstić information content (AvgIpc) is 2.82. The lowest BCUT2D eigenvalue weighted by atomic mass is 9.83. The molecular weight excluding hydrogens is 498 g/mol. The van der Waals surface area contributed by atoms with Crippen LogP contribution in [-0.4, -0.2) is 42.0 Å². The number of nitrogens with one attached hydrogen (secondary N) is 1. The van der Waals surface area contributed by atoms with Crippen LogP contribution in [0, 0.1) is 12.3 Å². The zero-order valence-corrected chi connectivity index (χ0v) is 22.9. The molecule has 1 fully saturated rings. The second-order valence-electron chi connectivity index (χ2n) is 10.8. The maximum absolute atomic E-state index is 15.0. The maximum atomic E-state index is 15.0. The molecule has 1 N–H and O–H groups in total. The second-order valence-corrected chi connectivity index (χ2v) is 13.1. The first-order valence-electron chi connectivity index (χ1n) is 12.4. The highest BCUT2D eigenvalue weighted by Crippen LogP contribution is 2.45. The molecule has 0 unspecified atom stereocenters. The minimum Gasteiger partial charge on any atom is -0.481 e. The van der Waals surface area contributed by atoms with Gasteiger partial charge in [0.15, 0.2) is 5.65 Å². The van der Waals surface area contributed by atoms with Crippen molar-refractivity contribution in [2.45, 2.75) is 65.3 Å². The summed E-state index contributed by atoms with van der Waals surface area (Å²) < 4.78 is 59.5. The molecule has 0 aliphatic carbocycles. The number of ether oxygens (including phenoxy) is 1. The van der Waals surface area contributed by atoms with Crippen molar-refractivity contribution in [2.24, 2.45) is 5.41 Å². The number of aromatic nitrogens is 3. The van der Waals surface area contributed by atoms with E-state index in [1.54, 1.807) is 13.0 Å². The molecular formula is C27H34F2N4O3S. The lowest BCUT2D eigenvalue weighted by Crippen LogP contribution is -2.31. The SMILES string of the molecule is COc1nc2nc(C)nc(N[C@H](C)c3cccc(C(F)(F)C(C)(C)C)c3)c2cc1C1CCS(=O)(=O)CC1. The van der Waals surface area contributed by atoms with Crippen LogP contribution in [0.25, 0.3) is 11.0 Å². The molecule has 3 aromatic rings. The Balaban J connectivity index is 1.71. The third-order valence-corrected chi connectivity index (χ3v) is 8.74. The first-order valence-corrected chi connectivity index (χ1v) is 14.2. The monoisotopic (exact) mass is 532 g/mol. The number of halogens is 2. The van der Waals surface area contributed by atoms with Crippen molar-refractivity contribution in [1.82, 2.24) is 15.0 Å². The number of fused-ring (bicyclic) bond motifs is 1. The number of aryl methyl sites for hydroxylation is 1. The van der Waals surface area contributed by atoms with Crippen LogP contribution in [0.1, 0.15) is 75.0 Å². The van der Waals surface area contributed by atoms with E-state index in [1.807, 2.05) is 19.1 Å². The number of sulfone groups is 1. The van der Waals surface area contributed by atoms with Gasteiger partial charge >= 0.3 is 0 Å². The van der Waals surface area contributed by atoms with Crippen molar-refractivity contribution in [3.05, 3.63) is 52.8 Å². The number of rotatable bonds is 6. The molecule has 1 atom stereocenters. The van der Waals surface area contributed by atoms with Gasteiger partial charge in [0.05, 0.1) is 24.0 Å². The van der Waals surface area contributed by atoms with Gasteiger partial charge in [0.1, 0.15) is 21.5 Å². The van der Waals surface area contributed by atoms with E-state index >= 15 is 8.78 Å². The predicted octanol–water partition coefficient (Wildman–Crippen LogP) is 5.95. The molecule has 0 amide bonds. The Morgan fingerprint density at radius 2 is 1.76 bits per heavy atom. The molecule has 1 saturated heterocycles. The van der Waals surface area contributed by atoms with Crippen LogP contribution >= 0.6 is 0 Å². The highest BCUT2D eigenvalue weighted by Gasteiger charge is 2.44. The maximum Gasteiger partial charge on any atom is 0.277 e. The van der Waals surface area contributed by atoms with E-state index in [-0.39, 0.29) is 29.0 Å². The Kier molecular flexibility index (Phi) is 7.18. The van der Waals surface area contributed by atoms with Gasteiger partial charge in [-0.2, -0.15) is 4.98 Å². The fourth-order valence-electron chi connectivity index (χ4n) is 4.65. The number of benzene rings is 1. The highest BCUT2D eigenvalue weighted by atomic mass is 32.2. The second kappa shape index (κ2) is 9.78. The van der Waals surface area contributed by atoms with E-state index in [2.05, 4.69) is 20.3 Å². The van der Waals surface area contributed by atoms with E-state index in [4.69, 9.17) is 4.74 Å². The zero-order valence-electron chi connectivity index (χ0n) is 22.1. The van der Waals surface area contributed by atoms with E-state index < -0.39 is 21.2 Å². The molecule has 1 aliphatic rings. The lowest BCUT2D eigenvalue weighted by molar-refractivity contribution is -0.104. The molecule has 0 saturated carbocycles. The fraction of sp³-hybridized carbons (Fsp3) is 0.519. The summed E-state index contributed by atoms with van der Waals surface area (Å²) in [4.78, 5) is 13.7. The number of alkyl halides is 2. The van der Waals surface area contributed by atoms with Gasteiger partial charge in [-0.1, -0.05) is 39.0 Å². The van der Waals surface area contributed by atoms with E-state index in [0.717, 1.165) is 5.56 Å². The van der Waals surface area contributed by atoms with E-state index in [0.29, 0.717) is 47.0 Å². The molecule has 1 aromatic carbocycles. The molecule has 37 heavy (non-hydrogen) atoms.